The van der Waals surface area contributed by atoms with Crippen molar-refractivity contribution in [3.63, 3.8) is 0 Å². The fourth-order valence-corrected chi connectivity index (χ4v) is 2.56. The molecule has 0 bridgehead atoms. The lowest BCUT2D eigenvalue weighted by molar-refractivity contribution is 0.0931. The van der Waals surface area contributed by atoms with Crippen LogP contribution >= 0.6 is 11.3 Å². The van der Waals surface area contributed by atoms with E-state index < -0.39 is 29.1 Å². The largest absolute Gasteiger partial charge is 0.497 e. The van der Waals surface area contributed by atoms with Crippen molar-refractivity contribution in [1.29, 1.82) is 0 Å². The van der Waals surface area contributed by atoms with Crippen LogP contribution in [0.15, 0.2) is 18.3 Å². The Labute approximate surface area is 124 Å². The van der Waals surface area contributed by atoms with E-state index in [0.29, 0.717) is 5.01 Å². The van der Waals surface area contributed by atoms with Gasteiger partial charge in [0.1, 0.15) is 28.0 Å². The van der Waals surface area contributed by atoms with Crippen LogP contribution in [0.5, 0.6) is 5.75 Å². The summed E-state index contributed by atoms with van der Waals surface area (Å²) < 4.78 is 32.4. The van der Waals surface area contributed by atoms with Gasteiger partial charge >= 0.3 is 0 Å². The molecule has 0 fully saturated rings. The van der Waals surface area contributed by atoms with Gasteiger partial charge in [0.25, 0.3) is 5.91 Å². The number of aromatic nitrogens is 1. The molecule has 2 rings (SSSR count). The number of carbonyl (C=O) groups excluding carboxylic acids is 1. The summed E-state index contributed by atoms with van der Waals surface area (Å²) in [6.07, 6.45) is 1.68. The van der Waals surface area contributed by atoms with Crippen molar-refractivity contribution in [3.8, 4) is 5.75 Å². The Morgan fingerprint density at radius 3 is 2.48 bits per heavy atom. The van der Waals surface area contributed by atoms with Crippen LogP contribution in [0.1, 0.15) is 33.2 Å². The average Bonchev–Trinajstić information content (AvgIpc) is 2.84. The molecule has 0 saturated heterocycles. The molecule has 1 aromatic carbocycles. The molecule has 0 spiro atoms. The predicted molar refractivity (Wildman–Crippen MR) is 75.6 cm³/mol. The number of hydrogen-bond donors (Lipinski definition) is 1. The molecule has 1 atom stereocenters. The molecule has 4 nitrogen and oxygen atoms in total. The highest BCUT2D eigenvalue weighted by Gasteiger charge is 2.21. The van der Waals surface area contributed by atoms with Crippen LogP contribution < -0.4 is 10.1 Å². The smallest absolute Gasteiger partial charge is 0.257 e. The Kier molecular flexibility index (Phi) is 4.52. The summed E-state index contributed by atoms with van der Waals surface area (Å²) in [5.41, 5.74) is -0.629. The minimum atomic E-state index is -0.966. The number of ether oxygens (including phenoxy) is 1. The third kappa shape index (κ3) is 3.36. The molecule has 0 aliphatic heterocycles. The minimum absolute atomic E-state index is 0.0187. The standard InChI is InChI=1S/C14H14F2N2O2S/c1-7-6-17-14(21-7)8(2)18-13(19)12-10(15)4-9(20-3)5-11(12)16/h4-6,8H,1-3H3,(H,18,19). The van der Waals surface area contributed by atoms with Crippen LogP contribution in [0.25, 0.3) is 0 Å². The first-order valence-electron chi connectivity index (χ1n) is 6.18. The van der Waals surface area contributed by atoms with E-state index in [1.54, 1.807) is 13.1 Å². The van der Waals surface area contributed by atoms with E-state index in [1.165, 1.54) is 18.4 Å². The second-order valence-electron chi connectivity index (χ2n) is 4.47. The molecule has 1 amide bonds. The third-order valence-electron chi connectivity index (χ3n) is 2.84. The van der Waals surface area contributed by atoms with Crippen LogP contribution in [-0.4, -0.2) is 18.0 Å². The van der Waals surface area contributed by atoms with Gasteiger partial charge in [0.05, 0.1) is 13.2 Å². The number of nitrogens with zero attached hydrogens (tertiary/aromatic N) is 1. The van der Waals surface area contributed by atoms with Crippen LogP contribution in [0.2, 0.25) is 0 Å². The van der Waals surface area contributed by atoms with Gasteiger partial charge in [-0.3, -0.25) is 4.79 Å². The summed E-state index contributed by atoms with van der Waals surface area (Å²) in [6.45, 7) is 3.59. The van der Waals surface area contributed by atoms with Crippen molar-refractivity contribution in [3.05, 3.63) is 45.4 Å². The highest BCUT2D eigenvalue weighted by molar-refractivity contribution is 7.11. The molecule has 0 saturated carbocycles. The second kappa shape index (κ2) is 6.17. The Morgan fingerprint density at radius 1 is 1.38 bits per heavy atom. The summed E-state index contributed by atoms with van der Waals surface area (Å²) in [5.74, 6) is -2.74. The number of hydrogen-bond acceptors (Lipinski definition) is 4. The molecular weight excluding hydrogens is 298 g/mol. The van der Waals surface area contributed by atoms with Gasteiger partial charge in [0, 0.05) is 23.2 Å². The average molecular weight is 312 g/mol. The lowest BCUT2D eigenvalue weighted by Crippen LogP contribution is -2.28. The summed E-state index contributed by atoms with van der Waals surface area (Å²) in [7, 11) is 1.29. The normalized spacial score (nSPS) is 12.0. The molecule has 112 valence electrons. The summed E-state index contributed by atoms with van der Waals surface area (Å²) in [5, 5.41) is 3.21. The molecular formula is C14H14F2N2O2S. The van der Waals surface area contributed by atoms with E-state index in [1.807, 2.05) is 6.92 Å². The molecule has 0 aliphatic carbocycles. The van der Waals surface area contributed by atoms with Gasteiger partial charge in [0.2, 0.25) is 0 Å². The van der Waals surface area contributed by atoms with Crippen LogP contribution in [0.3, 0.4) is 0 Å². The van der Waals surface area contributed by atoms with Crippen LogP contribution in [0, 0.1) is 18.6 Å². The van der Waals surface area contributed by atoms with E-state index in [-0.39, 0.29) is 5.75 Å². The number of methoxy groups -OCH3 is 1. The molecule has 1 heterocycles. The SMILES string of the molecule is COc1cc(F)c(C(=O)NC(C)c2ncc(C)s2)c(F)c1. The zero-order chi connectivity index (χ0) is 15.6. The summed E-state index contributed by atoms with van der Waals surface area (Å²) in [4.78, 5) is 17.1. The molecule has 1 unspecified atom stereocenters. The Hall–Kier alpha value is -2.02. The van der Waals surface area contributed by atoms with Crippen molar-refractivity contribution in [2.24, 2.45) is 0 Å². The van der Waals surface area contributed by atoms with E-state index >= 15 is 0 Å². The number of carbonyl (C=O) groups is 1. The summed E-state index contributed by atoms with van der Waals surface area (Å²) in [6, 6.07) is 1.50. The van der Waals surface area contributed by atoms with E-state index in [2.05, 4.69) is 10.3 Å². The molecule has 1 aromatic heterocycles. The zero-order valence-corrected chi connectivity index (χ0v) is 12.6. The Balaban J connectivity index is 2.21. The zero-order valence-electron chi connectivity index (χ0n) is 11.7. The van der Waals surface area contributed by atoms with Crippen molar-refractivity contribution >= 4 is 17.2 Å². The second-order valence-corrected chi connectivity index (χ2v) is 5.74. The minimum Gasteiger partial charge on any atom is -0.497 e. The van der Waals surface area contributed by atoms with Crippen molar-refractivity contribution < 1.29 is 18.3 Å². The predicted octanol–water partition coefficient (Wildman–Crippen LogP) is 3.23. The highest BCUT2D eigenvalue weighted by atomic mass is 32.1. The number of benzene rings is 1. The van der Waals surface area contributed by atoms with Gasteiger partial charge in [-0.15, -0.1) is 11.3 Å². The van der Waals surface area contributed by atoms with Crippen molar-refractivity contribution in [2.75, 3.05) is 7.11 Å². The number of thiazole rings is 1. The topological polar surface area (TPSA) is 51.2 Å². The van der Waals surface area contributed by atoms with Gasteiger partial charge in [-0.05, 0) is 13.8 Å². The third-order valence-corrected chi connectivity index (χ3v) is 3.93. The first-order chi connectivity index (χ1) is 9.92. The van der Waals surface area contributed by atoms with E-state index in [9.17, 15) is 13.6 Å². The van der Waals surface area contributed by atoms with E-state index in [0.717, 1.165) is 17.0 Å². The molecule has 1 N–H and O–H groups in total. The first-order valence-corrected chi connectivity index (χ1v) is 7.00. The van der Waals surface area contributed by atoms with Gasteiger partial charge < -0.3 is 10.1 Å². The fraction of sp³-hybridized carbons (Fsp3) is 0.286. The number of amides is 1. The van der Waals surface area contributed by atoms with Crippen LogP contribution in [0.4, 0.5) is 8.78 Å². The lowest BCUT2D eigenvalue weighted by atomic mass is 10.1. The van der Waals surface area contributed by atoms with Crippen LogP contribution in [-0.2, 0) is 0 Å². The van der Waals surface area contributed by atoms with Gasteiger partial charge in [-0.2, -0.15) is 0 Å². The fourth-order valence-electron chi connectivity index (χ4n) is 1.79. The number of aryl methyl sites for hydroxylation is 1. The van der Waals surface area contributed by atoms with Gasteiger partial charge in [0.15, 0.2) is 0 Å². The van der Waals surface area contributed by atoms with E-state index in [4.69, 9.17) is 4.74 Å². The monoisotopic (exact) mass is 312 g/mol. The Morgan fingerprint density at radius 2 is 2.00 bits per heavy atom. The molecule has 0 aliphatic rings. The lowest BCUT2D eigenvalue weighted by Gasteiger charge is -2.13. The Bertz CT molecular complexity index is 650. The van der Waals surface area contributed by atoms with Crippen molar-refractivity contribution in [1.82, 2.24) is 10.3 Å². The summed E-state index contributed by atoms with van der Waals surface area (Å²) >= 11 is 1.41. The number of rotatable bonds is 4. The maximum Gasteiger partial charge on any atom is 0.257 e. The van der Waals surface area contributed by atoms with Gasteiger partial charge in [-0.1, -0.05) is 0 Å². The molecule has 2 aromatic rings. The highest BCUT2D eigenvalue weighted by Crippen LogP contribution is 2.23. The molecule has 21 heavy (non-hydrogen) atoms. The van der Waals surface area contributed by atoms with Gasteiger partial charge in [-0.25, -0.2) is 13.8 Å². The number of halogens is 2. The van der Waals surface area contributed by atoms with Crippen molar-refractivity contribution in [2.45, 2.75) is 19.9 Å². The maximum absolute atomic E-state index is 13.8. The molecule has 7 heteroatoms. The number of nitrogens with one attached hydrogen (secondary N) is 1. The maximum atomic E-state index is 13.8. The quantitative estimate of drug-likeness (QED) is 0.943. The molecule has 0 radical (unpaired) electrons. The first kappa shape index (κ1) is 15.4.